The zero-order valence-corrected chi connectivity index (χ0v) is 16.1. The van der Waals surface area contributed by atoms with Gasteiger partial charge < -0.3 is 15.4 Å². The van der Waals surface area contributed by atoms with Gasteiger partial charge in [0.1, 0.15) is 5.75 Å². The van der Waals surface area contributed by atoms with Gasteiger partial charge in [0.05, 0.1) is 30.5 Å². The zero-order chi connectivity index (χ0) is 20.5. The van der Waals surface area contributed by atoms with Crippen LogP contribution < -0.4 is 15.4 Å². The number of carbonyl (C=O) groups excluding carboxylic acids is 2. The van der Waals surface area contributed by atoms with Crippen molar-refractivity contribution in [1.29, 1.82) is 0 Å². The zero-order valence-electron chi connectivity index (χ0n) is 16.1. The number of hydrogen-bond donors (Lipinski definition) is 2. The summed E-state index contributed by atoms with van der Waals surface area (Å²) in [7, 11) is 1.62. The van der Waals surface area contributed by atoms with E-state index in [0.717, 1.165) is 17.0 Å². The van der Waals surface area contributed by atoms with E-state index in [9.17, 15) is 9.59 Å². The van der Waals surface area contributed by atoms with Crippen molar-refractivity contribution in [2.45, 2.75) is 13.0 Å². The quantitative estimate of drug-likeness (QED) is 0.616. The normalized spacial score (nSPS) is 10.2. The van der Waals surface area contributed by atoms with E-state index in [4.69, 9.17) is 4.74 Å². The minimum absolute atomic E-state index is 0.285. The fourth-order valence-corrected chi connectivity index (χ4v) is 2.79. The Bertz CT molecular complexity index is 977. The molecule has 2 amide bonds. The molecule has 7 nitrogen and oxygen atoms in total. The summed E-state index contributed by atoms with van der Waals surface area (Å²) in [5.41, 5.74) is 2.41. The molecule has 0 atom stereocenters. The first kappa shape index (κ1) is 20.0. The molecule has 148 valence electrons. The molecule has 0 saturated carbocycles. The second-order valence-corrected chi connectivity index (χ2v) is 6.28. The van der Waals surface area contributed by atoms with Crippen LogP contribution in [0.3, 0.4) is 0 Å². The summed E-state index contributed by atoms with van der Waals surface area (Å²) in [4.78, 5) is 32.9. The van der Waals surface area contributed by atoms with E-state index in [-0.39, 0.29) is 11.8 Å². The van der Waals surface area contributed by atoms with Gasteiger partial charge in [0, 0.05) is 25.1 Å². The number of nitrogens with one attached hydrogen (secondary N) is 2. The molecule has 1 aromatic carbocycles. The van der Waals surface area contributed by atoms with E-state index >= 15 is 0 Å². The van der Waals surface area contributed by atoms with Crippen LogP contribution in [0.15, 0.2) is 67.1 Å². The number of nitrogens with zero attached hydrogens (tertiary/aromatic N) is 2. The summed E-state index contributed by atoms with van der Waals surface area (Å²) in [5, 5.41) is 5.62. The molecule has 2 N–H and O–H groups in total. The molecule has 0 bridgehead atoms. The van der Waals surface area contributed by atoms with Gasteiger partial charge in [-0.05, 0) is 36.2 Å². The lowest BCUT2D eigenvalue weighted by molar-refractivity contribution is 0.0950. The molecule has 0 spiro atoms. The van der Waals surface area contributed by atoms with Gasteiger partial charge in [-0.2, -0.15) is 0 Å². The Kier molecular flexibility index (Phi) is 6.89. The number of para-hydroxylation sites is 1. The second kappa shape index (κ2) is 9.98. The van der Waals surface area contributed by atoms with Crippen molar-refractivity contribution in [1.82, 2.24) is 20.6 Å². The fourth-order valence-electron chi connectivity index (χ4n) is 2.79. The van der Waals surface area contributed by atoms with Crippen LogP contribution in [0, 0.1) is 0 Å². The number of aromatic nitrogens is 2. The fraction of sp³-hybridized carbons (Fsp3) is 0.182. The Hall–Kier alpha value is -3.74. The largest absolute Gasteiger partial charge is 0.496 e. The van der Waals surface area contributed by atoms with Crippen LogP contribution in [0.25, 0.3) is 0 Å². The summed E-state index contributed by atoms with van der Waals surface area (Å²) in [6.45, 7) is 0.740. The van der Waals surface area contributed by atoms with Gasteiger partial charge in [0.15, 0.2) is 0 Å². The first-order chi connectivity index (χ1) is 14.2. The van der Waals surface area contributed by atoms with Gasteiger partial charge in [-0.3, -0.25) is 19.6 Å². The van der Waals surface area contributed by atoms with Crippen LogP contribution in [0.5, 0.6) is 5.75 Å². The summed E-state index contributed by atoms with van der Waals surface area (Å²) < 4.78 is 5.31. The van der Waals surface area contributed by atoms with E-state index in [2.05, 4.69) is 20.6 Å². The average Bonchev–Trinajstić information content (AvgIpc) is 2.78. The highest BCUT2D eigenvalue weighted by Crippen LogP contribution is 2.17. The van der Waals surface area contributed by atoms with Crippen molar-refractivity contribution >= 4 is 11.8 Å². The third-order valence-electron chi connectivity index (χ3n) is 4.29. The Labute approximate surface area is 169 Å². The highest BCUT2D eigenvalue weighted by molar-refractivity contribution is 5.99. The smallest absolute Gasteiger partial charge is 0.253 e. The molecular weight excluding hydrogens is 368 g/mol. The Morgan fingerprint density at radius 3 is 2.41 bits per heavy atom. The monoisotopic (exact) mass is 390 g/mol. The van der Waals surface area contributed by atoms with Crippen molar-refractivity contribution in [3.8, 4) is 5.75 Å². The van der Waals surface area contributed by atoms with Gasteiger partial charge in [-0.15, -0.1) is 0 Å². The number of ether oxygens (including phenoxy) is 1. The first-order valence-corrected chi connectivity index (χ1v) is 9.20. The molecule has 7 heteroatoms. The van der Waals surface area contributed by atoms with Crippen LogP contribution in [0.4, 0.5) is 0 Å². The number of benzene rings is 1. The average molecular weight is 390 g/mol. The molecule has 29 heavy (non-hydrogen) atoms. The number of carbonyl (C=O) groups is 2. The number of amides is 2. The lowest BCUT2D eigenvalue weighted by Gasteiger charge is -2.10. The molecule has 3 aromatic rings. The molecule has 0 saturated heterocycles. The van der Waals surface area contributed by atoms with Gasteiger partial charge in [0.2, 0.25) is 0 Å². The second-order valence-electron chi connectivity index (χ2n) is 6.28. The molecule has 2 heterocycles. The Morgan fingerprint density at radius 1 is 0.966 bits per heavy atom. The standard InChI is InChI=1S/C22H22N4O3/c1-29-20-8-3-2-6-16(20)9-11-25-21(27)17-12-18(14-23-13-17)22(28)26-15-19-7-4-5-10-24-19/h2-8,10,12-14H,9,11,15H2,1H3,(H,25,27)(H,26,28). The van der Waals surface area contributed by atoms with Crippen LogP contribution >= 0.6 is 0 Å². The Morgan fingerprint density at radius 2 is 1.69 bits per heavy atom. The predicted molar refractivity (Wildman–Crippen MR) is 109 cm³/mol. The minimum atomic E-state index is -0.313. The van der Waals surface area contributed by atoms with Crippen LogP contribution in [0.1, 0.15) is 32.0 Å². The van der Waals surface area contributed by atoms with E-state index in [1.54, 1.807) is 13.3 Å². The van der Waals surface area contributed by atoms with Crippen molar-refractivity contribution in [3.05, 3.63) is 89.5 Å². The van der Waals surface area contributed by atoms with Gasteiger partial charge in [0.25, 0.3) is 11.8 Å². The lowest BCUT2D eigenvalue weighted by atomic mass is 10.1. The lowest BCUT2D eigenvalue weighted by Crippen LogP contribution is -2.27. The maximum Gasteiger partial charge on any atom is 0.253 e. The number of pyridine rings is 2. The molecular formula is C22H22N4O3. The number of methoxy groups -OCH3 is 1. The van der Waals surface area contributed by atoms with Crippen molar-refractivity contribution < 1.29 is 14.3 Å². The molecule has 0 fully saturated rings. The third-order valence-corrected chi connectivity index (χ3v) is 4.29. The maximum absolute atomic E-state index is 12.4. The van der Waals surface area contributed by atoms with E-state index in [0.29, 0.717) is 30.6 Å². The summed E-state index contributed by atoms with van der Waals surface area (Å²) >= 11 is 0. The topological polar surface area (TPSA) is 93.2 Å². The maximum atomic E-state index is 12.4. The summed E-state index contributed by atoms with van der Waals surface area (Å²) in [6, 6.07) is 14.7. The van der Waals surface area contributed by atoms with Crippen molar-refractivity contribution in [3.63, 3.8) is 0 Å². The van der Waals surface area contributed by atoms with E-state index in [1.165, 1.54) is 18.5 Å². The molecule has 0 radical (unpaired) electrons. The summed E-state index contributed by atoms with van der Waals surface area (Å²) in [5.74, 6) is 0.189. The van der Waals surface area contributed by atoms with Gasteiger partial charge >= 0.3 is 0 Å². The highest BCUT2D eigenvalue weighted by atomic mass is 16.5. The van der Waals surface area contributed by atoms with Crippen LogP contribution in [-0.4, -0.2) is 35.4 Å². The molecule has 0 aliphatic heterocycles. The predicted octanol–water partition coefficient (Wildman–Crippen LogP) is 2.39. The molecule has 0 aliphatic rings. The van der Waals surface area contributed by atoms with Crippen LogP contribution in [-0.2, 0) is 13.0 Å². The third kappa shape index (κ3) is 5.62. The molecule has 0 aliphatic carbocycles. The van der Waals surface area contributed by atoms with Gasteiger partial charge in [-0.1, -0.05) is 24.3 Å². The van der Waals surface area contributed by atoms with Crippen molar-refractivity contribution in [2.75, 3.05) is 13.7 Å². The molecule has 0 unspecified atom stereocenters. The number of hydrogen-bond acceptors (Lipinski definition) is 5. The highest BCUT2D eigenvalue weighted by Gasteiger charge is 2.12. The minimum Gasteiger partial charge on any atom is -0.496 e. The molecule has 2 aromatic heterocycles. The Balaban J connectivity index is 1.55. The van der Waals surface area contributed by atoms with E-state index < -0.39 is 0 Å². The first-order valence-electron chi connectivity index (χ1n) is 9.20. The van der Waals surface area contributed by atoms with Crippen molar-refractivity contribution in [2.24, 2.45) is 0 Å². The van der Waals surface area contributed by atoms with Gasteiger partial charge in [-0.25, -0.2) is 0 Å². The molecule has 3 rings (SSSR count). The van der Waals surface area contributed by atoms with E-state index in [1.807, 2.05) is 42.5 Å². The van der Waals surface area contributed by atoms with Crippen LogP contribution in [0.2, 0.25) is 0 Å². The SMILES string of the molecule is COc1ccccc1CCNC(=O)c1cncc(C(=O)NCc2ccccn2)c1. The number of rotatable bonds is 8. The summed E-state index contributed by atoms with van der Waals surface area (Å²) in [6.07, 6.45) is 5.17.